The fraction of sp³-hybridized carbons (Fsp3) is 0.240. The summed E-state index contributed by atoms with van der Waals surface area (Å²) in [5, 5.41) is 24.0. The Kier molecular flexibility index (Phi) is 5.54. The van der Waals surface area contributed by atoms with Crippen LogP contribution < -0.4 is 19.7 Å². The van der Waals surface area contributed by atoms with Crippen LogP contribution in [0.15, 0.2) is 54.6 Å². The third-order valence-corrected chi connectivity index (χ3v) is 6.18. The zero-order valence-electron chi connectivity index (χ0n) is 18.5. The first kappa shape index (κ1) is 21.7. The van der Waals surface area contributed by atoms with Gasteiger partial charge in [-0.05, 0) is 41.3 Å². The molecule has 174 valence electrons. The van der Waals surface area contributed by atoms with Crippen molar-refractivity contribution in [3.63, 3.8) is 0 Å². The lowest BCUT2D eigenvalue weighted by atomic mass is 10.1. The highest BCUT2D eigenvalue weighted by Crippen LogP contribution is 2.40. The van der Waals surface area contributed by atoms with Gasteiger partial charge in [-0.2, -0.15) is 0 Å². The van der Waals surface area contributed by atoms with Gasteiger partial charge in [0, 0.05) is 30.4 Å². The minimum Gasteiger partial charge on any atom is -0.493 e. The van der Waals surface area contributed by atoms with Crippen LogP contribution in [0.3, 0.4) is 0 Å². The van der Waals surface area contributed by atoms with Crippen molar-refractivity contribution in [1.29, 1.82) is 0 Å². The van der Waals surface area contributed by atoms with Gasteiger partial charge in [0.15, 0.2) is 11.5 Å². The van der Waals surface area contributed by atoms with Crippen molar-refractivity contribution < 1.29 is 24.3 Å². The lowest BCUT2D eigenvalue weighted by Crippen LogP contribution is -2.39. The number of carbonyl (C=O) groups excluding carboxylic acids is 1. The van der Waals surface area contributed by atoms with E-state index in [9.17, 15) is 20.0 Å². The van der Waals surface area contributed by atoms with Crippen LogP contribution in [0.5, 0.6) is 11.5 Å². The molecule has 5 rings (SSSR count). The number of methoxy groups -OCH3 is 1. The monoisotopic (exact) mass is 461 g/mol. The molecule has 1 atom stereocenters. The van der Waals surface area contributed by atoms with Gasteiger partial charge in [0.1, 0.15) is 6.61 Å². The van der Waals surface area contributed by atoms with E-state index in [2.05, 4.69) is 5.32 Å². The molecule has 34 heavy (non-hydrogen) atoms. The third-order valence-electron chi connectivity index (χ3n) is 6.18. The summed E-state index contributed by atoms with van der Waals surface area (Å²) in [6.45, 7) is 0.299. The van der Waals surface area contributed by atoms with E-state index in [1.165, 1.54) is 19.2 Å². The Morgan fingerprint density at radius 2 is 1.94 bits per heavy atom. The summed E-state index contributed by atoms with van der Waals surface area (Å²) in [4.78, 5) is 26.0. The zero-order chi connectivity index (χ0) is 23.8. The zero-order valence-corrected chi connectivity index (χ0v) is 18.5. The van der Waals surface area contributed by atoms with E-state index in [4.69, 9.17) is 9.47 Å². The van der Waals surface area contributed by atoms with Crippen molar-refractivity contribution in [2.45, 2.75) is 25.7 Å². The quantitative estimate of drug-likeness (QED) is 0.425. The Labute approximate surface area is 195 Å². The second kappa shape index (κ2) is 8.68. The summed E-state index contributed by atoms with van der Waals surface area (Å²) in [5.41, 5.74) is 4.05. The van der Waals surface area contributed by atoms with Gasteiger partial charge in [0.25, 0.3) is 11.6 Å². The Balaban J connectivity index is 1.45. The Hall–Kier alpha value is -4.11. The molecule has 2 heterocycles. The molecule has 3 aromatic carbocycles. The number of hydrogen-bond donors (Lipinski definition) is 2. The molecule has 0 saturated heterocycles. The molecule has 0 radical (unpaired) electrons. The van der Waals surface area contributed by atoms with Crippen molar-refractivity contribution in [3.05, 3.63) is 87.0 Å². The Morgan fingerprint density at radius 3 is 2.71 bits per heavy atom. The number of nitrogens with zero attached hydrogens (tertiary/aromatic N) is 2. The number of aliphatic hydroxyl groups is 1. The molecule has 2 aliphatic heterocycles. The molecule has 0 aliphatic carbocycles. The first-order valence-corrected chi connectivity index (χ1v) is 10.9. The summed E-state index contributed by atoms with van der Waals surface area (Å²) in [6.07, 6.45) is 0.781. The van der Waals surface area contributed by atoms with Crippen LogP contribution in [0, 0.1) is 10.1 Å². The number of carbonyl (C=O) groups is 1. The number of ether oxygens (including phenoxy) is 2. The predicted octanol–water partition coefficient (Wildman–Crippen LogP) is 3.67. The second-order valence-corrected chi connectivity index (χ2v) is 8.30. The van der Waals surface area contributed by atoms with E-state index in [0.29, 0.717) is 40.4 Å². The van der Waals surface area contributed by atoms with Gasteiger partial charge in [0.2, 0.25) is 0 Å². The van der Waals surface area contributed by atoms with Crippen LogP contribution in [-0.4, -0.2) is 35.6 Å². The van der Waals surface area contributed by atoms with Crippen LogP contribution in [0.25, 0.3) is 0 Å². The number of anilines is 2. The van der Waals surface area contributed by atoms with E-state index in [0.717, 1.165) is 17.7 Å². The Bertz CT molecular complexity index is 1290. The second-order valence-electron chi connectivity index (χ2n) is 8.30. The fourth-order valence-corrected chi connectivity index (χ4v) is 4.60. The van der Waals surface area contributed by atoms with Gasteiger partial charge in [0.05, 0.1) is 35.9 Å². The molecule has 3 aromatic rings. The van der Waals surface area contributed by atoms with Gasteiger partial charge in [-0.15, -0.1) is 0 Å². The lowest BCUT2D eigenvalue weighted by Gasteiger charge is -2.22. The average molecular weight is 461 g/mol. The summed E-state index contributed by atoms with van der Waals surface area (Å²) in [5.74, 6) is 0.680. The van der Waals surface area contributed by atoms with Crippen LogP contribution in [0.1, 0.15) is 27.0 Å². The molecule has 2 N–H and O–H groups in total. The number of benzene rings is 3. The number of rotatable bonds is 6. The molecule has 0 aromatic heterocycles. The number of aliphatic hydroxyl groups excluding tert-OH is 1. The third kappa shape index (κ3) is 3.80. The van der Waals surface area contributed by atoms with Crippen molar-refractivity contribution in [1.82, 2.24) is 0 Å². The van der Waals surface area contributed by atoms with E-state index >= 15 is 0 Å². The molecular weight excluding hydrogens is 438 g/mol. The van der Waals surface area contributed by atoms with Crippen molar-refractivity contribution in [3.8, 4) is 11.5 Å². The first-order chi connectivity index (χ1) is 16.5. The summed E-state index contributed by atoms with van der Waals surface area (Å²) >= 11 is 0. The summed E-state index contributed by atoms with van der Waals surface area (Å²) < 4.78 is 11.5. The topological polar surface area (TPSA) is 114 Å². The van der Waals surface area contributed by atoms with Crippen molar-refractivity contribution >= 4 is 23.0 Å². The van der Waals surface area contributed by atoms with Crippen LogP contribution >= 0.6 is 0 Å². The number of nitro benzene ring substituents is 1. The number of amides is 1. The van der Waals surface area contributed by atoms with Gasteiger partial charge in [-0.1, -0.05) is 18.2 Å². The minimum absolute atomic E-state index is 0.00874. The van der Waals surface area contributed by atoms with Gasteiger partial charge in [-0.3, -0.25) is 14.9 Å². The van der Waals surface area contributed by atoms with E-state index < -0.39 is 4.92 Å². The smallest absolute Gasteiger partial charge is 0.270 e. The minimum atomic E-state index is -0.508. The van der Waals surface area contributed by atoms with Crippen molar-refractivity contribution in [2.24, 2.45) is 0 Å². The standard InChI is InChI=1S/C25H23N3O6/c1-33-23-10-20-21(26-12-19-9-17-4-2-3-5-22(17)27(19)25(20)30)11-24(23)34-14-16-6-15(13-29)7-18(8-16)28(31)32/h2-8,10-11,19,26,29H,9,12-14H2,1H3/t19-/m0/s1. The molecule has 0 saturated carbocycles. The number of fused-ring (bicyclic) bond motifs is 4. The number of non-ortho nitro benzene ring substituents is 1. The Morgan fingerprint density at radius 1 is 1.15 bits per heavy atom. The lowest BCUT2D eigenvalue weighted by molar-refractivity contribution is -0.385. The largest absolute Gasteiger partial charge is 0.493 e. The predicted molar refractivity (Wildman–Crippen MR) is 126 cm³/mol. The normalized spacial score (nSPS) is 16.1. The van der Waals surface area contributed by atoms with Crippen LogP contribution in [0.2, 0.25) is 0 Å². The fourth-order valence-electron chi connectivity index (χ4n) is 4.60. The summed E-state index contributed by atoms with van der Waals surface area (Å²) in [7, 11) is 1.49. The summed E-state index contributed by atoms with van der Waals surface area (Å²) in [6, 6.07) is 15.7. The highest BCUT2D eigenvalue weighted by atomic mass is 16.6. The maximum atomic E-state index is 13.5. The first-order valence-electron chi connectivity index (χ1n) is 10.9. The maximum Gasteiger partial charge on any atom is 0.270 e. The molecule has 1 amide bonds. The van der Waals surface area contributed by atoms with Gasteiger partial charge in [-0.25, -0.2) is 0 Å². The van der Waals surface area contributed by atoms with E-state index in [-0.39, 0.29) is 30.9 Å². The van der Waals surface area contributed by atoms with Gasteiger partial charge >= 0.3 is 0 Å². The highest BCUT2D eigenvalue weighted by molar-refractivity contribution is 6.12. The van der Waals surface area contributed by atoms with E-state index in [1.807, 2.05) is 29.2 Å². The van der Waals surface area contributed by atoms with Crippen LogP contribution in [0.4, 0.5) is 17.1 Å². The average Bonchev–Trinajstić information content (AvgIpc) is 3.17. The molecule has 0 spiro atoms. The molecule has 2 aliphatic rings. The molecular formula is C25H23N3O6. The maximum absolute atomic E-state index is 13.5. The van der Waals surface area contributed by atoms with Gasteiger partial charge < -0.3 is 24.8 Å². The SMILES string of the molecule is COc1cc2c(cc1OCc1cc(CO)cc([N+](=O)[O-])c1)NC[C@@H]1Cc3ccccc3N1C2=O. The number of hydrogen-bond acceptors (Lipinski definition) is 7. The number of nitrogens with one attached hydrogen (secondary N) is 1. The number of nitro groups is 1. The highest BCUT2D eigenvalue weighted by Gasteiger charge is 2.37. The molecule has 9 nitrogen and oxygen atoms in total. The van der Waals surface area contributed by atoms with E-state index in [1.54, 1.807) is 18.2 Å². The van der Waals surface area contributed by atoms with Crippen molar-refractivity contribution in [2.75, 3.05) is 23.9 Å². The number of para-hydroxylation sites is 1. The van der Waals surface area contributed by atoms with Crippen LogP contribution in [-0.2, 0) is 19.6 Å². The molecule has 0 unspecified atom stereocenters. The molecule has 0 bridgehead atoms. The molecule has 9 heteroatoms. The molecule has 0 fully saturated rings.